The molecule has 1 amide bonds. The van der Waals surface area contributed by atoms with E-state index in [1.165, 1.54) is 48.7 Å². The van der Waals surface area contributed by atoms with Gasteiger partial charge in [0.25, 0.3) is 0 Å². The van der Waals surface area contributed by atoms with Crippen molar-refractivity contribution in [2.75, 3.05) is 11.8 Å². The fourth-order valence-electron chi connectivity index (χ4n) is 2.93. The van der Waals surface area contributed by atoms with Gasteiger partial charge in [-0.3, -0.25) is 9.62 Å². The van der Waals surface area contributed by atoms with E-state index in [2.05, 4.69) is 14.4 Å². The Morgan fingerprint density at radius 3 is 2.84 bits per heavy atom. The van der Waals surface area contributed by atoms with Gasteiger partial charge in [-0.05, 0) is 25.2 Å². The summed E-state index contributed by atoms with van der Waals surface area (Å²) >= 11 is -1.67. The molecule has 0 bridgehead atoms. The van der Waals surface area contributed by atoms with Gasteiger partial charge in [-0.1, -0.05) is 12.1 Å². The molecule has 3 aromatic rings. The zero-order valence-corrected chi connectivity index (χ0v) is 16.9. The molecule has 0 spiro atoms. The number of nitrogens with zero attached hydrogens (tertiary/aromatic N) is 2. The van der Waals surface area contributed by atoms with Crippen LogP contribution in [-0.2, 0) is 24.3 Å². The fourth-order valence-corrected chi connectivity index (χ4v) is 3.39. The first kappa shape index (κ1) is 20.8. The topological polar surface area (TPSA) is 106 Å². The average molecular weight is 450 g/mol. The standard InChI is InChI=1S/C19H16F2N4O5S/c1-22-31(27)24-13-4-2-3-11(15(13)20)9-25-10-12-5-6-14(29-18-23-7-8-28-18)16(21)17(12)30-19(25)26/h2-8,22,24H,9-10H2,1H3. The maximum absolute atomic E-state index is 14.8. The lowest BCUT2D eigenvalue weighted by molar-refractivity contribution is 0.131. The van der Waals surface area contributed by atoms with E-state index in [9.17, 15) is 17.8 Å². The highest BCUT2D eigenvalue weighted by Crippen LogP contribution is 2.36. The Balaban J connectivity index is 1.54. The van der Waals surface area contributed by atoms with E-state index in [-0.39, 0.29) is 41.9 Å². The third-order valence-corrected chi connectivity index (χ3v) is 5.16. The molecule has 0 radical (unpaired) electrons. The van der Waals surface area contributed by atoms with Gasteiger partial charge in [-0.2, -0.15) is 9.37 Å². The summed E-state index contributed by atoms with van der Waals surface area (Å²) < 4.78 is 61.2. The molecule has 31 heavy (non-hydrogen) atoms. The van der Waals surface area contributed by atoms with Crippen molar-refractivity contribution < 1.29 is 31.7 Å². The van der Waals surface area contributed by atoms with Crippen molar-refractivity contribution in [1.82, 2.24) is 14.6 Å². The second kappa shape index (κ2) is 8.70. The zero-order valence-electron chi connectivity index (χ0n) is 16.1. The number of carbonyl (C=O) groups excluding carboxylic acids is 1. The van der Waals surface area contributed by atoms with Crippen molar-refractivity contribution >= 4 is 23.0 Å². The van der Waals surface area contributed by atoms with Crippen LogP contribution in [0.15, 0.2) is 47.2 Å². The summed E-state index contributed by atoms with van der Waals surface area (Å²) in [7, 11) is 1.45. The summed E-state index contributed by atoms with van der Waals surface area (Å²) in [6.07, 6.45) is 1.59. The molecule has 1 aromatic heterocycles. The van der Waals surface area contributed by atoms with Gasteiger partial charge in [0.05, 0.1) is 25.0 Å². The fraction of sp³-hybridized carbons (Fsp3) is 0.158. The van der Waals surface area contributed by atoms with Crippen LogP contribution < -0.4 is 18.9 Å². The maximum atomic E-state index is 14.8. The van der Waals surface area contributed by atoms with E-state index < -0.39 is 28.9 Å². The number of halogens is 2. The summed E-state index contributed by atoms with van der Waals surface area (Å²) in [6.45, 7) is -0.147. The lowest BCUT2D eigenvalue weighted by atomic mass is 10.1. The molecule has 12 heteroatoms. The number of aromatic nitrogens is 1. The molecule has 2 N–H and O–H groups in total. The van der Waals surface area contributed by atoms with E-state index in [4.69, 9.17) is 13.9 Å². The molecular formula is C19H16F2N4O5S. The Bertz CT molecular complexity index is 1140. The highest BCUT2D eigenvalue weighted by atomic mass is 32.2. The lowest BCUT2D eigenvalue weighted by Gasteiger charge is -2.28. The van der Waals surface area contributed by atoms with Gasteiger partial charge < -0.3 is 13.9 Å². The summed E-state index contributed by atoms with van der Waals surface area (Å²) in [6, 6.07) is 7.35. The van der Waals surface area contributed by atoms with Crippen LogP contribution in [0.25, 0.3) is 0 Å². The molecule has 9 nitrogen and oxygen atoms in total. The van der Waals surface area contributed by atoms with Crippen molar-refractivity contribution in [3.8, 4) is 17.6 Å². The zero-order chi connectivity index (χ0) is 22.0. The highest BCUT2D eigenvalue weighted by molar-refractivity contribution is 7.84. The number of anilines is 1. The maximum Gasteiger partial charge on any atom is 0.415 e. The number of fused-ring (bicyclic) bond motifs is 1. The third kappa shape index (κ3) is 4.34. The summed E-state index contributed by atoms with van der Waals surface area (Å²) in [5.74, 6) is -2.03. The van der Waals surface area contributed by atoms with Gasteiger partial charge in [-0.25, -0.2) is 18.1 Å². The SMILES string of the molecule is CNS(=O)Nc1cccc(CN2Cc3ccc(Oc4ncco4)c(F)c3OC2=O)c1F. The van der Waals surface area contributed by atoms with Crippen LogP contribution in [0, 0.1) is 11.6 Å². The average Bonchev–Trinajstić information content (AvgIpc) is 3.27. The molecule has 0 aliphatic carbocycles. The minimum atomic E-state index is -1.67. The molecule has 0 fully saturated rings. The van der Waals surface area contributed by atoms with E-state index in [1.54, 1.807) is 6.07 Å². The van der Waals surface area contributed by atoms with Crippen LogP contribution in [0.2, 0.25) is 0 Å². The minimum absolute atomic E-state index is 0.00957. The minimum Gasteiger partial charge on any atom is -0.417 e. The lowest BCUT2D eigenvalue weighted by Crippen LogP contribution is -2.37. The number of nitrogens with one attached hydrogen (secondary N) is 2. The largest absolute Gasteiger partial charge is 0.417 e. The van der Waals surface area contributed by atoms with Gasteiger partial charge in [0.2, 0.25) is 5.82 Å². The van der Waals surface area contributed by atoms with Crippen molar-refractivity contribution in [2.24, 2.45) is 0 Å². The second-order valence-electron chi connectivity index (χ2n) is 6.34. The Hall–Kier alpha value is -3.51. The number of benzene rings is 2. The molecule has 4 rings (SSSR count). The van der Waals surface area contributed by atoms with Crippen LogP contribution in [-0.4, -0.2) is 27.2 Å². The molecule has 1 unspecified atom stereocenters. The van der Waals surface area contributed by atoms with Gasteiger partial charge in [0, 0.05) is 11.1 Å². The summed E-state index contributed by atoms with van der Waals surface area (Å²) in [5.41, 5.74) is 0.556. The molecule has 2 heterocycles. The Labute approximate surface area is 177 Å². The second-order valence-corrected chi connectivity index (χ2v) is 7.49. The quantitative estimate of drug-likeness (QED) is 0.571. The molecule has 162 valence electrons. The first-order valence-corrected chi connectivity index (χ1v) is 10.1. The molecule has 1 aliphatic rings. The summed E-state index contributed by atoms with van der Waals surface area (Å²) in [4.78, 5) is 17.4. The number of oxazole rings is 1. The number of amides is 1. The van der Waals surface area contributed by atoms with E-state index in [0.717, 1.165) is 0 Å². The van der Waals surface area contributed by atoms with E-state index in [1.807, 2.05) is 0 Å². The van der Waals surface area contributed by atoms with E-state index >= 15 is 0 Å². The number of hydrogen-bond acceptors (Lipinski definition) is 6. The Morgan fingerprint density at radius 1 is 1.26 bits per heavy atom. The smallest absolute Gasteiger partial charge is 0.415 e. The van der Waals surface area contributed by atoms with Crippen molar-refractivity contribution in [3.63, 3.8) is 0 Å². The molecule has 1 atom stereocenters. The van der Waals surface area contributed by atoms with Crippen molar-refractivity contribution in [3.05, 3.63) is 65.6 Å². The van der Waals surface area contributed by atoms with Gasteiger partial charge in [0.15, 0.2) is 28.5 Å². The Kier molecular flexibility index (Phi) is 5.82. The van der Waals surface area contributed by atoms with Crippen LogP contribution in [0.3, 0.4) is 0 Å². The Morgan fingerprint density at radius 2 is 2.10 bits per heavy atom. The molecular weight excluding hydrogens is 434 g/mol. The van der Waals surface area contributed by atoms with Crippen LogP contribution in [0.4, 0.5) is 19.3 Å². The number of rotatable bonds is 7. The van der Waals surface area contributed by atoms with Gasteiger partial charge in [-0.15, -0.1) is 0 Å². The van der Waals surface area contributed by atoms with E-state index in [0.29, 0.717) is 5.56 Å². The molecule has 2 aromatic carbocycles. The molecule has 0 saturated carbocycles. The van der Waals surface area contributed by atoms with Crippen molar-refractivity contribution in [2.45, 2.75) is 13.1 Å². The molecule has 0 saturated heterocycles. The first-order chi connectivity index (χ1) is 15.0. The number of carbonyl (C=O) groups is 1. The summed E-state index contributed by atoms with van der Waals surface area (Å²) in [5, 5.41) is 0. The monoisotopic (exact) mass is 450 g/mol. The number of hydrogen-bond donors (Lipinski definition) is 2. The third-order valence-electron chi connectivity index (χ3n) is 4.39. The predicted molar refractivity (Wildman–Crippen MR) is 105 cm³/mol. The first-order valence-electron chi connectivity index (χ1n) is 8.95. The van der Waals surface area contributed by atoms with Gasteiger partial charge in [0.1, 0.15) is 6.26 Å². The van der Waals surface area contributed by atoms with Crippen molar-refractivity contribution in [1.29, 1.82) is 0 Å². The van der Waals surface area contributed by atoms with Crippen LogP contribution >= 0.6 is 0 Å². The van der Waals surface area contributed by atoms with Crippen LogP contribution in [0.1, 0.15) is 11.1 Å². The predicted octanol–water partition coefficient (Wildman–Crippen LogP) is 3.47. The normalized spacial score (nSPS) is 14.0. The molecule has 1 aliphatic heterocycles. The van der Waals surface area contributed by atoms with Gasteiger partial charge >= 0.3 is 12.2 Å². The number of ether oxygens (including phenoxy) is 2. The van der Waals surface area contributed by atoms with Crippen LogP contribution in [0.5, 0.6) is 17.6 Å². The highest BCUT2D eigenvalue weighted by Gasteiger charge is 2.30.